The van der Waals surface area contributed by atoms with Crippen molar-refractivity contribution in [2.24, 2.45) is 0 Å². The van der Waals surface area contributed by atoms with E-state index in [1.54, 1.807) is 12.1 Å². The van der Waals surface area contributed by atoms with Crippen LogP contribution in [0, 0.1) is 17.0 Å². The van der Waals surface area contributed by atoms with Crippen molar-refractivity contribution in [3.8, 4) is 0 Å². The van der Waals surface area contributed by atoms with Gasteiger partial charge in [0.15, 0.2) is 0 Å². The predicted molar refractivity (Wildman–Crippen MR) is 73.9 cm³/mol. The highest BCUT2D eigenvalue weighted by molar-refractivity contribution is 7.18. The number of thiazole rings is 1. The van der Waals surface area contributed by atoms with Gasteiger partial charge in [0.25, 0.3) is 5.69 Å². The number of benzene rings is 1. The van der Waals surface area contributed by atoms with E-state index < -0.39 is 0 Å². The van der Waals surface area contributed by atoms with Crippen molar-refractivity contribution in [1.82, 2.24) is 4.98 Å². The minimum absolute atomic E-state index is 0.100. The van der Waals surface area contributed by atoms with Crippen LogP contribution in [-0.2, 0) is 4.74 Å². The summed E-state index contributed by atoms with van der Waals surface area (Å²) < 4.78 is 6.12. The molecule has 0 aliphatic carbocycles. The van der Waals surface area contributed by atoms with E-state index in [-0.39, 0.29) is 16.7 Å². The molecule has 19 heavy (non-hydrogen) atoms. The maximum absolute atomic E-state index is 11.2. The quantitative estimate of drug-likeness (QED) is 0.690. The van der Waals surface area contributed by atoms with Gasteiger partial charge in [0.2, 0.25) is 0 Å². The van der Waals surface area contributed by atoms with Crippen molar-refractivity contribution in [3.63, 3.8) is 0 Å². The number of ether oxygens (including phenoxy) is 1. The Labute approximate surface area is 113 Å². The van der Waals surface area contributed by atoms with E-state index in [0.29, 0.717) is 18.9 Å². The van der Waals surface area contributed by atoms with Gasteiger partial charge in [-0.25, -0.2) is 4.98 Å². The van der Waals surface area contributed by atoms with Gasteiger partial charge < -0.3 is 10.1 Å². The second-order valence-electron chi connectivity index (χ2n) is 4.53. The monoisotopic (exact) mass is 279 g/mol. The number of anilines is 1. The van der Waals surface area contributed by atoms with Crippen molar-refractivity contribution in [1.29, 1.82) is 0 Å². The molecule has 1 aromatic carbocycles. The molecule has 6 nitrogen and oxygen atoms in total. The molecular formula is C12H13N3O3S. The second kappa shape index (κ2) is 4.75. The number of nitrogens with zero attached hydrogens (tertiary/aromatic N) is 2. The van der Waals surface area contributed by atoms with Crippen LogP contribution in [0.5, 0.6) is 0 Å². The predicted octanol–water partition coefficient (Wildman–Crippen LogP) is 2.71. The van der Waals surface area contributed by atoms with E-state index in [2.05, 4.69) is 10.3 Å². The summed E-state index contributed by atoms with van der Waals surface area (Å²) in [7, 11) is 0. The standard InChI is InChI=1S/C12H13N3O3S/c1-7-13-10-4-9(14-8-2-3-18-6-8)11(15(16)17)5-12(10)19-7/h4-5,8,14H,2-3,6H2,1H3. The fourth-order valence-corrected chi connectivity index (χ4v) is 3.06. The van der Waals surface area contributed by atoms with E-state index >= 15 is 0 Å². The molecule has 0 amide bonds. The van der Waals surface area contributed by atoms with Crippen LogP contribution in [0.2, 0.25) is 0 Å². The summed E-state index contributed by atoms with van der Waals surface area (Å²) in [6.07, 6.45) is 0.866. The van der Waals surface area contributed by atoms with E-state index in [9.17, 15) is 10.1 Å². The summed E-state index contributed by atoms with van der Waals surface area (Å²) >= 11 is 1.47. The van der Waals surface area contributed by atoms with Crippen LogP contribution in [-0.4, -0.2) is 29.2 Å². The number of hydrogen-bond acceptors (Lipinski definition) is 6. The lowest BCUT2D eigenvalue weighted by molar-refractivity contribution is -0.383. The zero-order valence-corrected chi connectivity index (χ0v) is 11.2. The fraction of sp³-hybridized carbons (Fsp3) is 0.417. The highest BCUT2D eigenvalue weighted by Gasteiger charge is 2.22. The van der Waals surface area contributed by atoms with Gasteiger partial charge in [-0.05, 0) is 19.4 Å². The molecule has 0 bridgehead atoms. The first-order chi connectivity index (χ1) is 9.13. The Morgan fingerprint density at radius 1 is 1.58 bits per heavy atom. The minimum atomic E-state index is -0.355. The molecule has 1 fully saturated rings. The summed E-state index contributed by atoms with van der Waals surface area (Å²) in [5.74, 6) is 0. The van der Waals surface area contributed by atoms with Crippen molar-refractivity contribution >= 4 is 32.9 Å². The van der Waals surface area contributed by atoms with Gasteiger partial charge in [0.1, 0.15) is 5.69 Å². The third-order valence-corrected chi connectivity index (χ3v) is 4.03. The zero-order chi connectivity index (χ0) is 13.4. The first-order valence-corrected chi connectivity index (χ1v) is 6.85. The van der Waals surface area contributed by atoms with E-state index in [0.717, 1.165) is 21.6 Å². The number of fused-ring (bicyclic) bond motifs is 1. The van der Waals surface area contributed by atoms with Crippen molar-refractivity contribution in [2.75, 3.05) is 18.5 Å². The Balaban J connectivity index is 2.03. The van der Waals surface area contributed by atoms with Crippen LogP contribution >= 0.6 is 11.3 Å². The smallest absolute Gasteiger partial charge is 0.293 e. The molecule has 100 valence electrons. The van der Waals surface area contributed by atoms with Crippen LogP contribution in [0.15, 0.2) is 12.1 Å². The normalized spacial score (nSPS) is 18.9. The molecule has 1 unspecified atom stereocenters. The minimum Gasteiger partial charge on any atom is -0.379 e. The topological polar surface area (TPSA) is 77.3 Å². The summed E-state index contributed by atoms with van der Waals surface area (Å²) in [6.45, 7) is 3.18. The average Bonchev–Trinajstić information content (AvgIpc) is 2.95. The summed E-state index contributed by atoms with van der Waals surface area (Å²) in [6, 6.07) is 3.49. The molecule has 1 saturated heterocycles. The second-order valence-corrected chi connectivity index (χ2v) is 5.77. The summed E-state index contributed by atoms with van der Waals surface area (Å²) in [4.78, 5) is 15.2. The highest BCUT2D eigenvalue weighted by atomic mass is 32.1. The molecule has 1 atom stereocenters. The van der Waals surface area contributed by atoms with Crippen LogP contribution in [0.3, 0.4) is 0 Å². The molecule has 1 aromatic heterocycles. The van der Waals surface area contributed by atoms with Gasteiger partial charge in [-0.2, -0.15) is 0 Å². The number of aryl methyl sites for hydroxylation is 1. The van der Waals surface area contributed by atoms with Crippen LogP contribution in [0.25, 0.3) is 10.2 Å². The number of hydrogen-bond donors (Lipinski definition) is 1. The lowest BCUT2D eigenvalue weighted by Gasteiger charge is -2.12. The Bertz CT molecular complexity index is 634. The molecule has 0 radical (unpaired) electrons. The molecule has 0 spiro atoms. The van der Waals surface area contributed by atoms with Gasteiger partial charge >= 0.3 is 0 Å². The summed E-state index contributed by atoms with van der Waals surface area (Å²) in [5, 5.41) is 15.3. The van der Waals surface area contributed by atoms with Crippen LogP contribution in [0.4, 0.5) is 11.4 Å². The number of nitro groups is 1. The third-order valence-electron chi connectivity index (χ3n) is 3.10. The number of rotatable bonds is 3. The average molecular weight is 279 g/mol. The van der Waals surface area contributed by atoms with Crippen molar-refractivity contribution < 1.29 is 9.66 Å². The highest BCUT2D eigenvalue weighted by Crippen LogP contribution is 2.33. The van der Waals surface area contributed by atoms with E-state index in [1.807, 2.05) is 6.92 Å². The number of nitro benzene ring substituents is 1. The maximum atomic E-state index is 11.2. The fourth-order valence-electron chi connectivity index (χ4n) is 2.21. The first kappa shape index (κ1) is 12.3. The molecule has 2 aromatic rings. The summed E-state index contributed by atoms with van der Waals surface area (Å²) in [5.41, 5.74) is 1.43. The molecular weight excluding hydrogens is 266 g/mol. The molecule has 7 heteroatoms. The van der Waals surface area contributed by atoms with Gasteiger partial charge in [-0.3, -0.25) is 10.1 Å². The molecule has 3 rings (SSSR count). The number of nitrogens with one attached hydrogen (secondary N) is 1. The van der Waals surface area contributed by atoms with Crippen LogP contribution < -0.4 is 5.32 Å². The largest absolute Gasteiger partial charge is 0.379 e. The molecule has 1 aliphatic heterocycles. The maximum Gasteiger partial charge on any atom is 0.293 e. The van der Waals surface area contributed by atoms with E-state index in [1.165, 1.54) is 11.3 Å². The Morgan fingerprint density at radius 3 is 3.11 bits per heavy atom. The number of aromatic nitrogens is 1. The molecule has 1 N–H and O–H groups in total. The third kappa shape index (κ3) is 2.39. The van der Waals surface area contributed by atoms with Crippen molar-refractivity contribution in [2.45, 2.75) is 19.4 Å². The Morgan fingerprint density at radius 2 is 2.42 bits per heavy atom. The molecule has 0 saturated carbocycles. The Hall–Kier alpha value is -1.73. The Kier molecular flexibility index (Phi) is 3.08. The van der Waals surface area contributed by atoms with Gasteiger partial charge in [-0.1, -0.05) is 0 Å². The zero-order valence-electron chi connectivity index (χ0n) is 10.4. The lowest BCUT2D eigenvalue weighted by atomic mass is 10.2. The van der Waals surface area contributed by atoms with E-state index in [4.69, 9.17) is 4.74 Å². The van der Waals surface area contributed by atoms with Gasteiger partial charge in [0, 0.05) is 12.7 Å². The molecule has 2 heterocycles. The molecule has 1 aliphatic rings. The lowest BCUT2D eigenvalue weighted by Crippen LogP contribution is -2.19. The SMILES string of the molecule is Cc1nc2cc(NC3CCOC3)c([N+](=O)[O-])cc2s1. The van der Waals surface area contributed by atoms with Gasteiger partial charge in [0.05, 0.1) is 32.8 Å². The van der Waals surface area contributed by atoms with Gasteiger partial charge in [-0.15, -0.1) is 11.3 Å². The first-order valence-electron chi connectivity index (χ1n) is 6.03. The van der Waals surface area contributed by atoms with Crippen LogP contribution in [0.1, 0.15) is 11.4 Å². The van der Waals surface area contributed by atoms with Crippen molar-refractivity contribution in [3.05, 3.63) is 27.3 Å².